The molecule has 10 nitrogen and oxygen atoms in total. The molecule has 1 fully saturated rings. The number of benzene rings is 3. The number of ether oxygens (including phenoxy) is 1. The third-order valence-corrected chi connectivity index (χ3v) is 8.29. The van der Waals surface area contributed by atoms with Gasteiger partial charge in [-0.05, 0) is 87.0 Å². The van der Waals surface area contributed by atoms with Crippen molar-refractivity contribution < 1.29 is 29.1 Å². The van der Waals surface area contributed by atoms with E-state index in [4.69, 9.17) is 21.3 Å². The van der Waals surface area contributed by atoms with Crippen LogP contribution in [0.5, 0.6) is 0 Å². The maximum absolute atomic E-state index is 13.6. The third-order valence-electron chi connectivity index (χ3n) is 8.29. The molecule has 1 aliphatic rings. The van der Waals surface area contributed by atoms with E-state index in [9.17, 15) is 14.4 Å². The van der Waals surface area contributed by atoms with Crippen LogP contribution in [0.3, 0.4) is 0 Å². The van der Waals surface area contributed by atoms with Crippen LogP contribution in [0.4, 0.5) is 5.69 Å². The van der Waals surface area contributed by atoms with Crippen LogP contribution in [0, 0.1) is 6.57 Å². The number of aromatic nitrogens is 1. The highest BCUT2D eigenvalue weighted by atomic mass is 16.7. The zero-order chi connectivity index (χ0) is 32.1. The van der Waals surface area contributed by atoms with Gasteiger partial charge in [0.1, 0.15) is 0 Å². The first-order valence-corrected chi connectivity index (χ1v) is 15.0. The zero-order valence-corrected chi connectivity index (χ0v) is 25.7. The molecule has 0 spiro atoms. The fourth-order valence-electron chi connectivity index (χ4n) is 5.85. The van der Waals surface area contributed by atoms with Gasteiger partial charge in [-0.15, -0.1) is 0 Å². The van der Waals surface area contributed by atoms with Crippen LogP contribution in [-0.2, 0) is 19.2 Å². The SMILES string of the molecule is [C-]#[N+]c1ccc2c(c1)c1cc(/C(CCCCC(=O)O)=N/OC(C)=O)ccc1n2-c1ccc(C(=O)C(C)(C)N2CCOCC2)cc1. The number of oxime groups is 1. The molecule has 0 aliphatic carbocycles. The molecule has 45 heavy (non-hydrogen) atoms. The van der Waals surface area contributed by atoms with E-state index in [0.29, 0.717) is 62.5 Å². The van der Waals surface area contributed by atoms with Gasteiger partial charge >= 0.3 is 11.9 Å². The summed E-state index contributed by atoms with van der Waals surface area (Å²) < 4.78 is 7.57. The number of aliphatic carboxylic acids is 1. The normalized spacial score (nSPS) is 14.4. The number of hydrogen-bond acceptors (Lipinski definition) is 7. The second-order valence-electron chi connectivity index (χ2n) is 11.6. The van der Waals surface area contributed by atoms with Gasteiger partial charge in [-0.25, -0.2) is 9.64 Å². The van der Waals surface area contributed by atoms with E-state index in [0.717, 1.165) is 33.1 Å². The highest BCUT2D eigenvalue weighted by Gasteiger charge is 2.36. The van der Waals surface area contributed by atoms with Crippen molar-refractivity contribution in [3.8, 4) is 5.69 Å². The standard InChI is InChI=1S/C35H36N4O6/c1-23(40)45-37-30(7-5-6-8-33(41)42)25-11-15-31-28(21-25)29-22-26(36-4)12-16-32(29)39(31)27-13-9-24(10-14-27)34(43)35(2,3)38-17-19-44-20-18-38/h9-16,21-22H,5-8,17-20H2,1-3H3,(H,41,42)/b37-30+. The Morgan fingerprint density at radius 1 is 0.933 bits per heavy atom. The lowest BCUT2D eigenvalue weighted by atomic mass is 9.90. The predicted molar refractivity (Wildman–Crippen MR) is 172 cm³/mol. The van der Waals surface area contributed by atoms with Crippen LogP contribution in [-0.4, -0.2) is 69.8 Å². The number of carboxylic acid groups (broad SMARTS) is 1. The Morgan fingerprint density at radius 3 is 2.20 bits per heavy atom. The van der Waals surface area contributed by atoms with Crippen molar-refractivity contribution in [1.82, 2.24) is 9.47 Å². The molecule has 5 rings (SSSR count). The van der Waals surface area contributed by atoms with Gasteiger partial charge in [-0.2, -0.15) is 0 Å². The second-order valence-corrected chi connectivity index (χ2v) is 11.6. The summed E-state index contributed by atoms with van der Waals surface area (Å²) in [6.45, 7) is 15.4. The minimum absolute atomic E-state index is 0.0435. The summed E-state index contributed by atoms with van der Waals surface area (Å²) in [5.41, 5.74) is 4.38. The van der Waals surface area contributed by atoms with E-state index >= 15 is 0 Å². The van der Waals surface area contributed by atoms with E-state index in [-0.39, 0.29) is 12.2 Å². The van der Waals surface area contributed by atoms with Crippen LogP contribution in [0.2, 0.25) is 0 Å². The van der Waals surface area contributed by atoms with Gasteiger partial charge in [0.05, 0.1) is 42.1 Å². The highest BCUT2D eigenvalue weighted by Crippen LogP contribution is 2.35. The van der Waals surface area contributed by atoms with Crippen LogP contribution in [0.25, 0.3) is 32.3 Å². The Kier molecular flexibility index (Phi) is 9.42. The number of fused-ring (bicyclic) bond motifs is 3. The van der Waals surface area contributed by atoms with Gasteiger partial charge in [0.2, 0.25) is 0 Å². The van der Waals surface area contributed by atoms with Crippen molar-refractivity contribution in [2.45, 2.75) is 52.0 Å². The largest absolute Gasteiger partial charge is 0.481 e. The van der Waals surface area contributed by atoms with E-state index < -0.39 is 17.5 Å². The minimum Gasteiger partial charge on any atom is -0.481 e. The quantitative estimate of drug-likeness (QED) is 0.0513. The van der Waals surface area contributed by atoms with Crippen molar-refractivity contribution in [3.05, 3.63) is 83.2 Å². The highest BCUT2D eigenvalue weighted by molar-refractivity contribution is 6.13. The smallest absolute Gasteiger partial charge is 0.331 e. The molecule has 1 N–H and O–H groups in total. The molecule has 232 valence electrons. The molecular weight excluding hydrogens is 572 g/mol. The van der Waals surface area contributed by atoms with Crippen LogP contribution in [0.15, 0.2) is 65.8 Å². The summed E-state index contributed by atoms with van der Waals surface area (Å²) >= 11 is 0. The monoisotopic (exact) mass is 608 g/mol. The average Bonchev–Trinajstić information content (AvgIpc) is 3.37. The second kappa shape index (κ2) is 13.4. The molecule has 0 radical (unpaired) electrons. The number of morpholine rings is 1. The number of carboxylic acids is 1. The number of carbonyl (C=O) groups excluding carboxylic acids is 2. The Balaban J connectivity index is 1.54. The molecule has 3 aromatic carbocycles. The molecule has 0 amide bonds. The van der Waals surface area contributed by atoms with Crippen LogP contribution < -0.4 is 0 Å². The third kappa shape index (κ3) is 6.80. The lowest BCUT2D eigenvalue weighted by molar-refractivity contribution is -0.141. The van der Waals surface area contributed by atoms with Crippen LogP contribution in [0.1, 0.15) is 62.4 Å². The number of ketones is 1. The number of rotatable bonds is 11. The van der Waals surface area contributed by atoms with Crippen molar-refractivity contribution >= 4 is 50.9 Å². The van der Waals surface area contributed by atoms with Crippen LogP contribution >= 0.6 is 0 Å². The molecule has 0 saturated carbocycles. The first kappa shape index (κ1) is 31.6. The number of unbranched alkanes of at least 4 members (excludes halogenated alkanes) is 1. The van der Waals surface area contributed by atoms with Gasteiger partial charge < -0.3 is 19.2 Å². The molecule has 0 bridgehead atoms. The molecule has 2 heterocycles. The Hall–Kier alpha value is -4.85. The molecule has 1 aromatic heterocycles. The Labute approximate surface area is 261 Å². The molecule has 1 saturated heterocycles. The van der Waals surface area contributed by atoms with Crippen molar-refractivity contribution in [2.24, 2.45) is 5.16 Å². The summed E-state index contributed by atoms with van der Waals surface area (Å²) in [6, 6.07) is 19.0. The Morgan fingerprint density at radius 2 is 1.56 bits per heavy atom. The first-order valence-electron chi connectivity index (χ1n) is 15.0. The summed E-state index contributed by atoms with van der Waals surface area (Å²) in [5, 5.41) is 14.9. The zero-order valence-electron chi connectivity index (χ0n) is 25.7. The lowest BCUT2D eigenvalue weighted by Gasteiger charge is -2.39. The fraction of sp³-hybridized carbons (Fsp3) is 0.343. The van der Waals surface area contributed by atoms with E-state index in [1.165, 1.54) is 6.92 Å². The summed E-state index contributed by atoms with van der Waals surface area (Å²) in [5.74, 6) is -1.36. The van der Waals surface area contributed by atoms with Crippen molar-refractivity contribution in [3.63, 3.8) is 0 Å². The van der Waals surface area contributed by atoms with E-state index in [1.807, 2.05) is 68.4 Å². The fourth-order valence-corrected chi connectivity index (χ4v) is 5.85. The minimum atomic E-state index is -0.864. The van der Waals surface area contributed by atoms with Crippen molar-refractivity contribution in [2.75, 3.05) is 26.3 Å². The van der Waals surface area contributed by atoms with Gasteiger partial charge in [0, 0.05) is 48.6 Å². The van der Waals surface area contributed by atoms with Gasteiger partial charge in [-0.1, -0.05) is 17.3 Å². The predicted octanol–water partition coefficient (Wildman–Crippen LogP) is 6.54. The first-order chi connectivity index (χ1) is 21.6. The number of Topliss-reactive ketones (excluding diaryl/α,β-unsaturated/α-hetero) is 1. The summed E-state index contributed by atoms with van der Waals surface area (Å²) in [7, 11) is 0. The molecule has 0 atom stereocenters. The molecule has 10 heteroatoms. The lowest BCUT2D eigenvalue weighted by Crippen LogP contribution is -2.54. The number of carbonyl (C=O) groups is 3. The van der Waals surface area contributed by atoms with Gasteiger partial charge in [0.15, 0.2) is 11.5 Å². The summed E-state index contributed by atoms with van der Waals surface area (Å²) in [6.07, 6.45) is 1.49. The maximum Gasteiger partial charge on any atom is 0.331 e. The molecular formula is C35H36N4O6. The number of nitrogens with zero attached hydrogens (tertiary/aromatic N) is 4. The topological polar surface area (TPSA) is 115 Å². The average molecular weight is 609 g/mol. The molecule has 4 aromatic rings. The van der Waals surface area contributed by atoms with E-state index in [2.05, 4.69) is 19.5 Å². The van der Waals surface area contributed by atoms with Gasteiger partial charge in [-0.3, -0.25) is 14.5 Å². The molecule has 1 aliphatic heterocycles. The van der Waals surface area contributed by atoms with Gasteiger partial charge in [0.25, 0.3) is 0 Å². The van der Waals surface area contributed by atoms with Crippen molar-refractivity contribution in [1.29, 1.82) is 0 Å². The maximum atomic E-state index is 13.6. The Bertz CT molecular complexity index is 1820. The number of hydrogen-bond donors (Lipinski definition) is 1. The summed E-state index contributed by atoms with van der Waals surface area (Å²) in [4.78, 5) is 46.9. The van der Waals surface area contributed by atoms with E-state index in [1.54, 1.807) is 6.07 Å². The molecule has 0 unspecified atom stereocenters.